The molecule has 0 fully saturated rings. The number of anilines is 1. The lowest BCUT2D eigenvalue weighted by Crippen LogP contribution is -1.92. The second-order valence-electron chi connectivity index (χ2n) is 2.77. The minimum absolute atomic E-state index is 0.432. The summed E-state index contributed by atoms with van der Waals surface area (Å²) in [6, 6.07) is 9.02. The molecule has 0 saturated heterocycles. The van der Waals surface area contributed by atoms with Gasteiger partial charge in [0.2, 0.25) is 0 Å². The highest BCUT2D eigenvalue weighted by molar-refractivity contribution is 5.95. The molecule has 0 unspecified atom stereocenters. The molecule has 0 radical (unpaired) electrons. The Balaban J connectivity index is 2.86. The van der Waals surface area contributed by atoms with Gasteiger partial charge < -0.3 is 5.73 Å². The second-order valence-corrected chi connectivity index (χ2v) is 2.77. The number of carbonyl (C=O) groups excluding carboxylic acids is 1. The van der Waals surface area contributed by atoms with Crippen LogP contribution in [-0.4, -0.2) is 11.3 Å². The maximum Gasteiger partial charge on any atom is 0.152 e. The van der Waals surface area contributed by atoms with Crippen LogP contribution in [0.2, 0.25) is 0 Å². The van der Waals surface area contributed by atoms with E-state index in [1.165, 1.54) is 0 Å². The Hall–Kier alpha value is -1.90. The van der Waals surface area contributed by atoms with Crippen LogP contribution in [-0.2, 0) is 0 Å². The molecule has 0 aliphatic rings. The Bertz CT molecular complexity index is 465. The van der Waals surface area contributed by atoms with E-state index in [4.69, 9.17) is 5.73 Å². The van der Waals surface area contributed by atoms with Gasteiger partial charge in [-0.05, 0) is 18.2 Å². The van der Waals surface area contributed by atoms with Crippen molar-refractivity contribution >= 4 is 23.0 Å². The predicted molar refractivity (Wildman–Crippen MR) is 51.5 cm³/mol. The van der Waals surface area contributed by atoms with E-state index in [1.807, 2.05) is 18.2 Å². The third kappa shape index (κ3) is 1.24. The molecule has 3 heteroatoms. The lowest BCUT2D eigenvalue weighted by Gasteiger charge is -1.99. The summed E-state index contributed by atoms with van der Waals surface area (Å²) in [4.78, 5) is 14.7. The number of nitrogen functional groups attached to an aromatic ring is 1. The summed E-state index contributed by atoms with van der Waals surface area (Å²) in [7, 11) is 0. The zero-order valence-corrected chi connectivity index (χ0v) is 6.90. The van der Waals surface area contributed by atoms with E-state index in [2.05, 4.69) is 4.98 Å². The number of carbonyl (C=O) groups is 1. The Morgan fingerprint density at radius 1 is 1.23 bits per heavy atom. The lowest BCUT2D eigenvalue weighted by molar-refractivity contribution is 0.112. The second kappa shape index (κ2) is 2.86. The fourth-order valence-corrected chi connectivity index (χ4v) is 1.28. The molecule has 2 aromatic rings. The maximum absolute atomic E-state index is 10.7. The average molecular weight is 172 g/mol. The molecule has 0 saturated carbocycles. The molecule has 0 spiro atoms. The molecule has 1 aromatic heterocycles. The van der Waals surface area contributed by atoms with E-state index in [0.717, 1.165) is 11.7 Å². The molecule has 0 aliphatic carbocycles. The third-order valence-corrected chi connectivity index (χ3v) is 1.90. The van der Waals surface area contributed by atoms with Gasteiger partial charge in [0.05, 0.1) is 5.52 Å². The number of aromatic nitrogens is 1. The lowest BCUT2D eigenvalue weighted by atomic mass is 10.1. The van der Waals surface area contributed by atoms with Crippen molar-refractivity contribution in [2.24, 2.45) is 0 Å². The fourth-order valence-electron chi connectivity index (χ4n) is 1.28. The van der Waals surface area contributed by atoms with Gasteiger partial charge in [-0.25, -0.2) is 4.98 Å². The van der Waals surface area contributed by atoms with Gasteiger partial charge in [0, 0.05) is 10.9 Å². The van der Waals surface area contributed by atoms with Crippen LogP contribution < -0.4 is 5.73 Å². The van der Waals surface area contributed by atoms with E-state index in [0.29, 0.717) is 16.9 Å². The monoisotopic (exact) mass is 172 g/mol. The van der Waals surface area contributed by atoms with E-state index in [-0.39, 0.29) is 0 Å². The molecule has 64 valence electrons. The first-order valence-electron chi connectivity index (χ1n) is 3.91. The van der Waals surface area contributed by atoms with Gasteiger partial charge in [-0.1, -0.05) is 12.1 Å². The number of hydrogen-bond acceptors (Lipinski definition) is 3. The number of pyridine rings is 1. The smallest absolute Gasteiger partial charge is 0.152 e. The zero-order valence-electron chi connectivity index (χ0n) is 6.90. The number of nitrogens with two attached hydrogens (primary N) is 1. The first-order valence-corrected chi connectivity index (χ1v) is 3.91. The van der Waals surface area contributed by atoms with E-state index < -0.39 is 0 Å². The molecule has 0 aliphatic heterocycles. The predicted octanol–water partition coefficient (Wildman–Crippen LogP) is 1.63. The zero-order chi connectivity index (χ0) is 9.26. The SMILES string of the molecule is Nc1ccc2cccc(C=O)c2n1. The minimum Gasteiger partial charge on any atom is -0.384 e. The average Bonchev–Trinajstić information content (AvgIpc) is 2.17. The molecule has 2 rings (SSSR count). The fraction of sp³-hybridized carbons (Fsp3) is 0. The number of aldehydes is 1. The standard InChI is InChI=1S/C10H8N2O/c11-9-5-4-7-2-1-3-8(6-13)10(7)12-9/h1-6H,(H2,11,12). The van der Waals surface area contributed by atoms with Crippen molar-refractivity contribution in [3.8, 4) is 0 Å². The molecular weight excluding hydrogens is 164 g/mol. The molecular formula is C10H8N2O. The largest absolute Gasteiger partial charge is 0.384 e. The van der Waals surface area contributed by atoms with Crippen LogP contribution in [0.4, 0.5) is 5.82 Å². The van der Waals surface area contributed by atoms with Crippen molar-refractivity contribution in [3.63, 3.8) is 0 Å². The Morgan fingerprint density at radius 3 is 2.85 bits per heavy atom. The van der Waals surface area contributed by atoms with Crippen LogP contribution in [0, 0.1) is 0 Å². The van der Waals surface area contributed by atoms with Gasteiger partial charge in [-0.3, -0.25) is 4.79 Å². The molecule has 2 N–H and O–H groups in total. The van der Waals surface area contributed by atoms with Gasteiger partial charge in [-0.2, -0.15) is 0 Å². The summed E-state index contributed by atoms with van der Waals surface area (Å²) in [5, 5.41) is 0.929. The van der Waals surface area contributed by atoms with Gasteiger partial charge in [0.15, 0.2) is 6.29 Å². The van der Waals surface area contributed by atoms with E-state index in [1.54, 1.807) is 12.1 Å². The third-order valence-electron chi connectivity index (χ3n) is 1.90. The molecule has 1 heterocycles. The Morgan fingerprint density at radius 2 is 2.08 bits per heavy atom. The van der Waals surface area contributed by atoms with Crippen LogP contribution in [0.3, 0.4) is 0 Å². The Kier molecular flexibility index (Phi) is 1.70. The van der Waals surface area contributed by atoms with E-state index >= 15 is 0 Å². The van der Waals surface area contributed by atoms with Gasteiger partial charge in [0.25, 0.3) is 0 Å². The minimum atomic E-state index is 0.432. The number of rotatable bonds is 1. The highest BCUT2D eigenvalue weighted by Gasteiger charge is 2.00. The first kappa shape index (κ1) is 7.73. The van der Waals surface area contributed by atoms with Gasteiger partial charge in [0.1, 0.15) is 5.82 Å². The van der Waals surface area contributed by atoms with Crippen LogP contribution >= 0.6 is 0 Å². The van der Waals surface area contributed by atoms with Crippen molar-refractivity contribution in [1.29, 1.82) is 0 Å². The summed E-state index contributed by atoms with van der Waals surface area (Å²) in [5.74, 6) is 0.432. The van der Waals surface area contributed by atoms with Crippen LogP contribution in [0.5, 0.6) is 0 Å². The quantitative estimate of drug-likeness (QED) is 0.665. The van der Waals surface area contributed by atoms with Crippen molar-refractivity contribution in [2.45, 2.75) is 0 Å². The number of hydrogen-bond donors (Lipinski definition) is 1. The molecule has 0 amide bonds. The normalized spacial score (nSPS) is 10.2. The van der Waals surface area contributed by atoms with E-state index in [9.17, 15) is 4.79 Å². The summed E-state index contributed by atoms with van der Waals surface area (Å²) in [5.41, 5.74) is 6.76. The number of para-hydroxylation sites is 1. The van der Waals surface area contributed by atoms with Crippen molar-refractivity contribution in [2.75, 3.05) is 5.73 Å². The van der Waals surface area contributed by atoms with Crippen LogP contribution in [0.1, 0.15) is 10.4 Å². The summed E-state index contributed by atoms with van der Waals surface area (Å²) in [6.07, 6.45) is 0.786. The Labute approximate surface area is 75.2 Å². The highest BCUT2D eigenvalue weighted by atomic mass is 16.1. The van der Waals surface area contributed by atoms with Crippen molar-refractivity contribution in [1.82, 2.24) is 4.98 Å². The highest BCUT2D eigenvalue weighted by Crippen LogP contribution is 2.16. The van der Waals surface area contributed by atoms with Crippen LogP contribution in [0.15, 0.2) is 30.3 Å². The van der Waals surface area contributed by atoms with Crippen molar-refractivity contribution < 1.29 is 4.79 Å². The summed E-state index contributed by atoms with van der Waals surface area (Å²) in [6.45, 7) is 0. The number of benzene rings is 1. The number of nitrogens with zero attached hydrogens (tertiary/aromatic N) is 1. The first-order chi connectivity index (χ1) is 6.31. The molecule has 3 nitrogen and oxygen atoms in total. The maximum atomic E-state index is 10.7. The molecule has 1 aromatic carbocycles. The molecule has 0 bridgehead atoms. The number of fused-ring (bicyclic) bond motifs is 1. The van der Waals surface area contributed by atoms with Gasteiger partial charge in [-0.15, -0.1) is 0 Å². The summed E-state index contributed by atoms with van der Waals surface area (Å²) >= 11 is 0. The van der Waals surface area contributed by atoms with Crippen LogP contribution in [0.25, 0.3) is 10.9 Å². The van der Waals surface area contributed by atoms with Crippen molar-refractivity contribution in [3.05, 3.63) is 35.9 Å². The van der Waals surface area contributed by atoms with Gasteiger partial charge >= 0.3 is 0 Å². The molecule has 13 heavy (non-hydrogen) atoms. The molecule has 0 atom stereocenters. The summed E-state index contributed by atoms with van der Waals surface area (Å²) < 4.78 is 0. The topological polar surface area (TPSA) is 56.0 Å².